The van der Waals surface area contributed by atoms with Crippen LogP contribution in [0, 0.1) is 5.92 Å². The van der Waals surface area contributed by atoms with Crippen molar-refractivity contribution in [3.05, 3.63) is 118 Å². The van der Waals surface area contributed by atoms with Crippen LogP contribution in [0.3, 0.4) is 0 Å². The molecule has 0 saturated heterocycles. The van der Waals surface area contributed by atoms with Gasteiger partial charge in [0, 0.05) is 117 Å². The third-order valence-electron chi connectivity index (χ3n) is 12.3. The van der Waals surface area contributed by atoms with Gasteiger partial charge < -0.3 is 70.7 Å². The maximum absolute atomic E-state index is 12.6. The third-order valence-corrected chi connectivity index (χ3v) is 12.3. The largest absolute Gasteiger partial charge is 1.00 e. The van der Waals surface area contributed by atoms with E-state index < -0.39 is 17.9 Å². The van der Waals surface area contributed by atoms with E-state index in [1.807, 2.05) is 30.9 Å². The lowest BCUT2D eigenvalue weighted by Gasteiger charge is -2.24. The number of unbranched alkanes of at least 4 members (excludes halogenated alkanes) is 2. The number of ether oxygens (including phenoxy) is 2. The summed E-state index contributed by atoms with van der Waals surface area (Å²) < 4.78 is 10.7. The zero-order chi connectivity index (χ0) is 55.0. The number of ketones is 2. The van der Waals surface area contributed by atoms with Crippen LogP contribution in [0.25, 0.3) is 12.2 Å². The lowest BCUT2D eigenvalue weighted by atomic mass is 10.00. The summed E-state index contributed by atoms with van der Waals surface area (Å²) in [6, 6.07) is 23.5. The highest BCUT2D eigenvalue weighted by atomic mass is 35.5. The lowest BCUT2D eigenvalue weighted by Crippen LogP contribution is -3.00. The van der Waals surface area contributed by atoms with E-state index in [0.717, 1.165) is 30.8 Å². The smallest absolute Gasteiger partial charge is 0.339 e. The van der Waals surface area contributed by atoms with Crippen LogP contribution in [0.5, 0.6) is 23.0 Å². The fourth-order valence-electron chi connectivity index (χ4n) is 7.88. The van der Waals surface area contributed by atoms with Gasteiger partial charge in [0.15, 0.2) is 0 Å². The molecular weight excluding hydrogens is 1040 g/mol. The van der Waals surface area contributed by atoms with Gasteiger partial charge in [-0.25, -0.2) is 9.59 Å². The number of carbonyl (C=O) groups is 6. The molecule has 1 aliphatic carbocycles. The van der Waals surface area contributed by atoms with Gasteiger partial charge in [-0.3, -0.25) is 41.5 Å². The van der Waals surface area contributed by atoms with Crippen molar-refractivity contribution in [2.24, 2.45) is 23.1 Å². The number of phenols is 2. The second-order valence-electron chi connectivity index (χ2n) is 17.9. The summed E-state index contributed by atoms with van der Waals surface area (Å²) in [6.45, 7) is 11.3. The monoisotopic (exact) mass is 1120 g/mol. The van der Waals surface area contributed by atoms with Crippen LogP contribution >= 0.6 is 0 Å². The number of nitrogens with zero attached hydrogens (tertiary/aromatic N) is 2. The molecule has 0 spiro atoms. The molecule has 0 unspecified atom stereocenters. The average molecular weight is 1120 g/mol. The Morgan fingerprint density at radius 3 is 1.47 bits per heavy atom. The number of likely N-dealkylation sites (N-methyl/N-ethyl adjacent to an activating group) is 2. The van der Waals surface area contributed by atoms with Crippen LogP contribution in [0.1, 0.15) is 109 Å². The highest BCUT2D eigenvalue weighted by Gasteiger charge is 2.32. The molecule has 19 nitrogen and oxygen atoms in total. The van der Waals surface area contributed by atoms with Gasteiger partial charge in [0.1, 0.15) is 34.6 Å². The number of nitrogens with one attached hydrogen (secondary N) is 2. The van der Waals surface area contributed by atoms with Crippen molar-refractivity contribution in [1.29, 1.82) is 0 Å². The van der Waals surface area contributed by atoms with Crippen LogP contribution in [-0.2, 0) is 28.8 Å². The van der Waals surface area contributed by atoms with E-state index in [1.54, 1.807) is 98.8 Å². The molecule has 4 aromatic carbocycles. The Kier molecular flexibility index (Phi) is 30.5. The Bertz CT molecular complexity index is 2720. The topological polar surface area (TPSA) is 321 Å². The van der Waals surface area contributed by atoms with Crippen LogP contribution in [-0.4, -0.2) is 103 Å². The Balaban J connectivity index is 0.000000843. The van der Waals surface area contributed by atoms with E-state index >= 15 is 0 Å². The summed E-state index contributed by atoms with van der Waals surface area (Å²) in [6.07, 6.45) is 6.74. The number of esters is 2. The van der Waals surface area contributed by atoms with E-state index in [1.165, 1.54) is 0 Å². The summed E-state index contributed by atoms with van der Waals surface area (Å²) >= 11 is 0. The molecule has 1 saturated carbocycles. The van der Waals surface area contributed by atoms with Crippen LogP contribution in [0.2, 0.25) is 0 Å². The molecule has 1 fully saturated rings. The summed E-state index contributed by atoms with van der Waals surface area (Å²) in [7, 11) is 0. The quantitative estimate of drug-likeness (QED) is 0.00580. The Labute approximate surface area is 469 Å². The normalized spacial score (nSPS) is 12.1. The van der Waals surface area contributed by atoms with Crippen LogP contribution in [0.4, 0.5) is 11.4 Å². The molecule has 0 heterocycles. The maximum Gasteiger partial charge on any atom is 0.339 e. The molecule has 0 bridgehead atoms. The van der Waals surface area contributed by atoms with Gasteiger partial charge in [0.2, 0.25) is 11.8 Å². The van der Waals surface area contributed by atoms with E-state index in [2.05, 4.69) is 15.5 Å². The number of halogens is 2. The van der Waals surface area contributed by atoms with E-state index in [4.69, 9.17) is 37.5 Å². The number of hydrogen-bond donors (Lipinski definition) is 9. The molecule has 2 amide bonds. The summed E-state index contributed by atoms with van der Waals surface area (Å²) in [4.78, 5) is 76.6. The van der Waals surface area contributed by atoms with Gasteiger partial charge in [-0.15, -0.1) is 0 Å². The fraction of sp³-hybridized carbons (Fsp3) is 0.368. The molecule has 0 aromatic heterocycles. The van der Waals surface area contributed by atoms with Crippen molar-refractivity contribution in [1.82, 2.24) is 10.6 Å². The molecule has 78 heavy (non-hydrogen) atoms. The minimum absolute atomic E-state index is 0. The van der Waals surface area contributed by atoms with Crippen molar-refractivity contribution in [3.8, 4) is 23.0 Å². The lowest BCUT2D eigenvalue weighted by molar-refractivity contribution is -0.130. The number of anilines is 2. The van der Waals surface area contributed by atoms with Crippen LogP contribution in [0.15, 0.2) is 96.1 Å². The molecule has 4 aromatic rings. The molecule has 424 valence electrons. The second-order valence-corrected chi connectivity index (χ2v) is 17.9. The third kappa shape index (κ3) is 22.1. The number of hydrogen-bond acceptors (Lipinski definition) is 13. The van der Waals surface area contributed by atoms with Crippen molar-refractivity contribution < 1.29 is 84.1 Å². The van der Waals surface area contributed by atoms with Crippen molar-refractivity contribution in [2.45, 2.75) is 86.5 Å². The van der Waals surface area contributed by atoms with Gasteiger partial charge in [-0.1, -0.05) is 13.8 Å². The highest BCUT2D eigenvalue weighted by molar-refractivity contribution is 6.08. The first kappa shape index (κ1) is 68.3. The van der Waals surface area contributed by atoms with E-state index in [-0.39, 0.29) is 91.6 Å². The van der Waals surface area contributed by atoms with Gasteiger partial charge in [0.25, 0.3) is 11.7 Å². The Morgan fingerprint density at radius 2 is 1.06 bits per heavy atom. The number of rotatable bonds is 26. The molecular formula is C57H77Cl2N9O10. The molecule has 14 N–H and O–H groups in total. The number of benzene rings is 4. The molecule has 0 aliphatic heterocycles. The molecule has 1 aliphatic rings. The summed E-state index contributed by atoms with van der Waals surface area (Å²) in [5.41, 5.74) is 21.3. The Morgan fingerprint density at radius 1 is 0.641 bits per heavy atom. The number of nitrogens with two attached hydrogens (primary N) is 5. The first-order chi connectivity index (χ1) is 35.8. The van der Waals surface area contributed by atoms with Crippen LogP contribution < -0.4 is 82.7 Å². The Hall–Kier alpha value is -7.74. The van der Waals surface area contributed by atoms with Gasteiger partial charge in [-0.05, 0) is 132 Å². The first-order valence-electron chi connectivity index (χ1n) is 25.1. The molecule has 0 atom stereocenters. The number of carbonyl (C=O) groups excluding carboxylic acids is 6. The minimum Gasteiger partial charge on any atom is -1.00 e. The predicted octanol–water partition coefficient (Wildman–Crippen LogP) is -2.89. The molecule has 0 radical (unpaired) electrons. The number of phenolic OH excluding ortho intramolecular Hbond substituents is 2. The molecule has 21 heteroatoms. The maximum atomic E-state index is 12.6. The van der Waals surface area contributed by atoms with Crippen molar-refractivity contribution in [2.75, 3.05) is 55.6 Å². The van der Waals surface area contributed by atoms with E-state index in [9.17, 15) is 39.0 Å². The predicted molar refractivity (Wildman–Crippen MR) is 296 cm³/mol. The minimum atomic E-state index is -0.610. The molecule has 5 rings (SSSR count). The SMILES string of the molecule is C.CCN(CCN)c1ccc(/C=C(\C)C(=O)Oc2ccc(C(N)=[NH2+])cc2)c(O)c1.CCN(CCNC(=O)CCCCCNC(=O)CCC1C(=O)CCC1=O)c1ccc(/C=C(\C)C(=O)Oc2ccc(C(N)=[NH2+])cc2)c(O)c1.[Cl-].[Cl-]. The van der Waals surface area contributed by atoms with Gasteiger partial charge in [0.05, 0.1) is 17.0 Å². The number of aromatic hydroxyl groups is 2. The standard InChI is InChI=1S/C35H45N5O7.C21H26N4O3.CH4.2ClH/c1-3-40(20-19-39-32(44)7-5-4-6-18-38-33(45)17-14-28-29(41)15-16-30(28)42)26-11-8-25(31(43)22-26)21-23(2)35(46)47-27-12-9-24(10-13-27)34(36)37;1-3-25(11-10-22)17-7-4-16(19(26)13-17)12-14(2)21(27)28-18-8-5-15(6-9-18)20(23)24;;;/h8-13,21-22,28,43H,3-7,14-20H2,1-2H3,(H3,36,37)(H,38,45)(H,39,44);4-9,12-13,26H,3,10-11,22H2,1-2H3,(H3,23,24);1H4;2*1H/b23-21+;14-12+;;;. The van der Waals surface area contributed by atoms with Crippen molar-refractivity contribution in [3.63, 3.8) is 0 Å². The highest BCUT2D eigenvalue weighted by Crippen LogP contribution is 2.29. The summed E-state index contributed by atoms with van der Waals surface area (Å²) in [5.74, 6) is -0.860. The van der Waals surface area contributed by atoms with E-state index in [0.29, 0.717) is 110 Å². The van der Waals surface area contributed by atoms with Gasteiger partial charge in [-0.2, -0.15) is 0 Å². The number of Topliss-reactive ketones (excluding diaryl/α,β-unsaturated/α-hetero) is 2. The number of amidine groups is 2. The second kappa shape index (κ2) is 34.8. The summed E-state index contributed by atoms with van der Waals surface area (Å²) in [5, 5.41) is 37.8. The zero-order valence-corrected chi connectivity index (χ0v) is 45.6. The number of amides is 2. The fourth-order valence-corrected chi connectivity index (χ4v) is 7.88. The van der Waals surface area contributed by atoms with Gasteiger partial charge >= 0.3 is 11.9 Å². The zero-order valence-electron chi connectivity index (χ0n) is 44.1. The van der Waals surface area contributed by atoms with Crippen molar-refractivity contribution >= 4 is 70.5 Å². The average Bonchev–Trinajstić information content (AvgIpc) is 3.71. The first-order valence-corrected chi connectivity index (χ1v) is 25.1.